The molecule has 3 nitrogen and oxygen atoms in total. The SMILES string of the molecule is C=C(C)CCCC(C)(O)CCCC(C)C(=O)O. The third kappa shape index (κ3) is 8.93. The van der Waals surface area contributed by atoms with E-state index < -0.39 is 11.6 Å². The molecule has 0 saturated heterocycles. The number of rotatable bonds is 9. The smallest absolute Gasteiger partial charge is 0.306 e. The van der Waals surface area contributed by atoms with Crippen LogP contribution in [0.3, 0.4) is 0 Å². The fraction of sp³-hybridized carbons (Fsp3) is 0.786. The van der Waals surface area contributed by atoms with Crippen LogP contribution in [0.25, 0.3) is 0 Å². The number of hydrogen-bond acceptors (Lipinski definition) is 2. The Kier molecular flexibility index (Phi) is 7.12. The maximum absolute atomic E-state index is 10.6. The monoisotopic (exact) mass is 242 g/mol. The van der Waals surface area contributed by atoms with Gasteiger partial charge in [-0.1, -0.05) is 12.5 Å². The first-order valence-corrected chi connectivity index (χ1v) is 6.34. The van der Waals surface area contributed by atoms with Crippen molar-refractivity contribution < 1.29 is 15.0 Å². The highest BCUT2D eigenvalue weighted by Gasteiger charge is 2.20. The lowest BCUT2D eigenvalue weighted by Crippen LogP contribution is -2.24. The van der Waals surface area contributed by atoms with Crippen LogP contribution in [0.1, 0.15) is 59.3 Å². The van der Waals surface area contributed by atoms with Crippen LogP contribution in [-0.4, -0.2) is 21.8 Å². The number of carboxylic acids is 1. The van der Waals surface area contributed by atoms with Gasteiger partial charge in [0, 0.05) is 0 Å². The Morgan fingerprint density at radius 2 is 1.88 bits per heavy atom. The van der Waals surface area contributed by atoms with Crippen molar-refractivity contribution in [3.63, 3.8) is 0 Å². The van der Waals surface area contributed by atoms with Crippen LogP contribution >= 0.6 is 0 Å². The lowest BCUT2D eigenvalue weighted by Gasteiger charge is -2.23. The first kappa shape index (κ1) is 16.2. The molecule has 0 aliphatic rings. The molecule has 2 N–H and O–H groups in total. The number of aliphatic hydroxyl groups is 1. The Morgan fingerprint density at radius 1 is 1.35 bits per heavy atom. The van der Waals surface area contributed by atoms with Crippen LogP contribution < -0.4 is 0 Å². The van der Waals surface area contributed by atoms with E-state index in [0.717, 1.165) is 31.3 Å². The van der Waals surface area contributed by atoms with Crippen LogP contribution in [0.15, 0.2) is 12.2 Å². The van der Waals surface area contributed by atoms with E-state index in [2.05, 4.69) is 6.58 Å². The van der Waals surface area contributed by atoms with Crippen molar-refractivity contribution in [1.82, 2.24) is 0 Å². The molecule has 0 saturated carbocycles. The van der Waals surface area contributed by atoms with E-state index in [-0.39, 0.29) is 5.92 Å². The molecular formula is C14H26O3. The van der Waals surface area contributed by atoms with Gasteiger partial charge in [0.2, 0.25) is 0 Å². The number of hydrogen-bond donors (Lipinski definition) is 2. The summed E-state index contributed by atoms with van der Waals surface area (Å²) in [5.41, 5.74) is 0.466. The topological polar surface area (TPSA) is 57.5 Å². The summed E-state index contributed by atoms with van der Waals surface area (Å²) in [5.74, 6) is -1.08. The van der Waals surface area contributed by atoms with Gasteiger partial charge in [-0.05, 0) is 52.4 Å². The molecule has 2 unspecified atom stereocenters. The third-order valence-electron chi connectivity index (χ3n) is 3.09. The Bertz CT molecular complexity index is 256. The molecule has 0 aromatic rings. The molecule has 0 aliphatic carbocycles. The highest BCUT2D eigenvalue weighted by Crippen LogP contribution is 2.23. The zero-order valence-corrected chi connectivity index (χ0v) is 11.3. The Hall–Kier alpha value is -0.830. The minimum absolute atomic E-state index is 0.318. The fourth-order valence-corrected chi connectivity index (χ4v) is 1.81. The van der Waals surface area contributed by atoms with Crippen molar-refractivity contribution in [3.05, 3.63) is 12.2 Å². The Morgan fingerprint density at radius 3 is 2.35 bits per heavy atom. The lowest BCUT2D eigenvalue weighted by molar-refractivity contribution is -0.141. The zero-order chi connectivity index (χ0) is 13.5. The Labute approximate surface area is 105 Å². The van der Waals surface area contributed by atoms with Crippen molar-refractivity contribution in [1.29, 1.82) is 0 Å². The van der Waals surface area contributed by atoms with Crippen molar-refractivity contribution >= 4 is 5.97 Å². The van der Waals surface area contributed by atoms with Crippen LogP contribution in [0.5, 0.6) is 0 Å². The third-order valence-corrected chi connectivity index (χ3v) is 3.09. The van der Waals surface area contributed by atoms with Gasteiger partial charge in [0.1, 0.15) is 0 Å². The van der Waals surface area contributed by atoms with Crippen molar-refractivity contribution in [3.8, 4) is 0 Å². The second-order valence-electron chi connectivity index (χ2n) is 5.44. The highest BCUT2D eigenvalue weighted by atomic mass is 16.4. The van der Waals surface area contributed by atoms with Crippen molar-refractivity contribution in [2.75, 3.05) is 0 Å². The second-order valence-corrected chi connectivity index (χ2v) is 5.44. The zero-order valence-electron chi connectivity index (χ0n) is 11.3. The van der Waals surface area contributed by atoms with Gasteiger partial charge in [-0.25, -0.2) is 0 Å². The van der Waals surface area contributed by atoms with Gasteiger partial charge >= 0.3 is 5.97 Å². The maximum Gasteiger partial charge on any atom is 0.306 e. The maximum atomic E-state index is 10.6. The van der Waals surface area contributed by atoms with Crippen LogP contribution in [0.4, 0.5) is 0 Å². The molecule has 3 heteroatoms. The molecule has 100 valence electrons. The molecule has 0 fully saturated rings. The van der Waals surface area contributed by atoms with E-state index >= 15 is 0 Å². The molecule has 17 heavy (non-hydrogen) atoms. The van der Waals surface area contributed by atoms with E-state index in [0.29, 0.717) is 12.8 Å². The van der Waals surface area contributed by atoms with Gasteiger partial charge in [0.25, 0.3) is 0 Å². The quantitative estimate of drug-likeness (QED) is 0.609. The van der Waals surface area contributed by atoms with Crippen molar-refractivity contribution in [2.45, 2.75) is 64.9 Å². The summed E-state index contributed by atoms with van der Waals surface area (Å²) in [6.45, 7) is 9.36. The molecule has 0 aromatic carbocycles. The summed E-state index contributed by atoms with van der Waals surface area (Å²) < 4.78 is 0. The van der Waals surface area contributed by atoms with Crippen LogP contribution in [0.2, 0.25) is 0 Å². The summed E-state index contributed by atoms with van der Waals surface area (Å²) in [5, 5.41) is 18.8. The molecule has 0 amide bonds. The summed E-state index contributed by atoms with van der Waals surface area (Å²) in [6, 6.07) is 0. The minimum atomic E-state index is -0.757. The van der Waals surface area contributed by atoms with Gasteiger partial charge in [-0.15, -0.1) is 6.58 Å². The summed E-state index contributed by atoms with van der Waals surface area (Å²) >= 11 is 0. The number of carbonyl (C=O) groups is 1. The van der Waals surface area contributed by atoms with Gasteiger partial charge in [-0.2, -0.15) is 0 Å². The molecule has 0 bridgehead atoms. The summed E-state index contributed by atoms with van der Waals surface area (Å²) in [4.78, 5) is 10.6. The average Bonchev–Trinajstić information content (AvgIpc) is 2.15. The van der Waals surface area contributed by atoms with Crippen LogP contribution in [0, 0.1) is 5.92 Å². The van der Waals surface area contributed by atoms with Crippen LogP contribution in [-0.2, 0) is 4.79 Å². The van der Waals surface area contributed by atoms with Gasteiger partial charge in [0.05, 0.1) is 11.5 Å². The molecule has 2 atom stereocenters. The molecule has 0 spiro atoms. The van der Waals surface area contributed by atoms with E-state index in [4.69, 9.17) is 5.11 Å². The number of carboxylic acid groups (broad SMARTS) is 1. The molecule has 0 heterocycles. The lowest BCUT2D eigenvalue weighted by atomic mass is 9.90. The first-order chi connectivity index (χ1) is 7.74. The highest BCUT2D eigenvalue weighted by molar-refractivity contribution is 5.69. The Balaban J connectivity index is 3.77. The number of allylic oxidation sites excluding steroid dienone is 1. The predicted octanol–water partition coefficient (Wildman–Crippen LogP) is 3.37. The largest absolute Gasteiger partial charge is 0.481 e. The van der Waals surface area contributed by atoms with E-state index in [9.17, 15) is 9.90 Å². The van der Waals surface area contributed by atoms with Gasteiger partial charge < -0.3 is 10.2 Å². The van der Waals surface area contributed by atoms with Gasteiger partial charge in [0.15, 0.2) is 0 Å². The second kappa shape index (κ2) is 7.49. The molecule has 0 aliphatic heterocycles. The van der Waals surface area contributed by atoms with E-state index in [1.807, 2.05) is 13.8 Å². The average molecular weight is 242 g/mol. The molecule has 0 aromatic heterocycles. The molecule has 0 rings (SSSR count). The van der Waals surface area contributed by atoms with E-state index in [1.165, 1.54) is 0 Å². The molecule has 0 radical (unpaired) electrons. The minimum Gasteiger partial charge on any atom is -0.481 e. The predicted molar refractivity (Wildman–Crippen MR) is 69.9 cm³/mol. The normalized spacial score (nSPS) is 16.2. The first-order valence-electron chi connectivity index (χ1n) is 6.34. The van der Waals surface area contributed by atoms with Crippen molar-refractivity contribution in [2.24, 2.45) is 5.92 Å². The summed E-state index contributed by atoms with van der Waals surface area (Å²) in [6.07, 6.45) is 4.69. The standard InChI is InChI=1S/C14H26O3/c1-11(2)7-5-9-14(4,17)10-6-8-12(3)13(15)16/h12,17H,1,5-10H2,2-4H3,(H,15,16). The number of aliphatic carboxylic acids is 1. The fourth-order valence-electron chi connectivity index (χ4n) is 1.81. The molecular weight excluding hydrogens is 216 g/mol. The van der Waals surface area contributed by atoms with Gasteiger partial charge in [-0.3, -0.25) is 4.79 Å². The summed E-state index contributed by atoms with van der Waals surface area (Å²) in [7, 11) is 0. The van der Waals surface area contributed by atoms with E-state index in [1.54, 1.807) is 6.92 Å².